The Hall–Kier alpha value is -0.400. The first-order chi connectivity index (χ1) is 10.7. The van der Waals surface area contributed by atoms with Gasteiger partial charge in [0, 0.05) is 0 Å². The maximum Gasteiger partial charge on any atom is 0.266 e. The van der Waals surface area contributed by atoms with E-state index in [1.165, 1.54) is 77.0 Å². The number of hydrogen-bond acceptors (Lipinski definition) is 0. The third-order valence-corrected chi connectivity index (χ3v) is 6.27. The summed E-state index contributed by atoms with van der Waals surface area (Å²) in [4.78, 5) is 0. The zero-order chi connectivity index (χ0) is 15.8. The molecular formula is C20H34F2. The largest absolute Gasteiger partial charge is 0.266 e. The molecule has 2 fully saturated rings. The monoisotopic (exact) mass is 312 g/mol. The smallest absolute Gasteiger partial charge is 0.174 e. The van der Waals surface area contributed by atoms with Gasteiger partial charge in [0.15, 0.2) is 0 Å². The normalized spacial score (nSPS) is 32.7. The van der Waals surface area contributed by atoms with E-state index >= 15 is 0 Å². The van der Waals surface area contributed by atoms with Crippen LogP contribution in [0.5, 0.6) is 0 Å². The van der Waals surface area contributed by atoms with Gasteiger partial charge >= 0.3 is 0 Å². The third-order valence-electron chi connectivity index (χ3n) is 6.27. The van der Waals surface area contributed by atoms with Crippen molar-refractivity contribution in [1.82, 2.24) is 0 Å². The van der Waals surface area contributed by atoms with Crippen LogP contribution < -0.4 is 0 Å². The minimum absolute atomic E-state index is 0.517. The molecule has 2 rings (SSSR count). The maximum absolute atomic E-state index is 12.2. The van der Waals surface area contributed by atoms with Crippen LogP contribution in [0.3, 0.4) is 0 Å². The van der Waals surface area contributed by atoms with Crippen molar-refractivity contribution in [3.8, 4) is 0 Å². The Kier molecular flexibility index (Phi) is 7.89. The fourth-order valence-electron chi connectivity index (χ4n) is 4.78. The second-order valence-electron chi connectivity index (χ2n) is 7.79. The van der Waals surface area contributed by atoms with Gasteiger partial charge in [0.1, 0.15) is 0 Å². The van der Waals surface area contributed by atoms with Gasteiger partial charge in [-0.25, -0.2) is 0 Å². The third kappa shape index (κ3) is 6.01. The molecule has 0 nitrogen and oxygen atoms in total. The first-order valence-corrected chi connectivity index (χ1v) is 9.70. The molecule has 2 saturated carbocycles. The van der Waals surface area contributed by atoms with Gasteiger partial charge in [0.2, 0.25) is 0 Å². The molecule has 0 aromatic carbocycles. The van der Waals surface area contributed by atoms with Gasteiger partial charge in [-0.15, -0.1) is 0 Å². The van der Waals surface area contributed by atoms with Gasteiger partial charge in [0.25, 0.3) is 6.08 Å². The molecule has 2 aliphatic rings. The standard InChI is InChI=1S/C20H34F2/c1-2-3-4-5-16-6-11-18(12-7-16)19-13-8-17(9-14-19)10-15-20(21)22/h15-19H,2-14H2,1H3/t16-,17?,18-,19?. The zero-order valence-electron chi connectivity index (χ0n) is 14.3. The van der Waals surface area contributed by atoms with E-state index in [-0.39, 0.29) is 0 Å². The summed E-state index contributed by atoms with van der Waals surface area (Å²) in [6.45, 7) is 2.28. The Morgan fingerprint density at radius 3 is 1.86 bits per heavy atom. The summed E-state index contributed by atoms with van der Waals surface area (Å²) in [6, 6.07) is 0. The fourth-order valence-corrected chi connectivity index (χ4v) is 4.78. The summed E-state index contributed by atoms with van der Waals surface area (Å²) in [5.74, 6) is 3.35. The highest BCUT2D eigenvalue weighted by atomic mass is 19.3. The van der Waals surface area contributed by atoms with Crippen LogP contribution >= 0.6 is 0 Å². The number of allylic oxidation sites excluding steroid dienone is 1. The molecule has 0 aliphatic heterocycles. The van der Waals surface area contributed by atoms with E-state index in [9.17, 15) is 8.78 Å². The topological polar surface area (TPSA) is 0 Å². The lowest BCUT2D eigenvalue weighted by Crippen LogP contribution is -2.25. The Balaban J connectivity index is 1.63. The van der Waals surface area contributed by atoms with Gasteiger partial charge < -0.3 is 0 Å². The van der Waals surface area contributed by atoms with Crippen LogP contribution in [-0.2, 0) is 0 Å². The Bertz CT molecular complexity index is 317. The summed E-state index contributed by atoms with van der Waals surface area (Å²) in [7, 11) is 0. The van der Waals surface area contributed by atoms with Gasteiger partial charge in [0.05, 0.1) is 0 Å². The van der Waals surface area contributed by atoms with Crippen LogP contribution in [0, 0.1) is 23.7 Å². The van der Waals surface area contributed by atoms with Gasteiger partial charge in [-0.05, 0) is 74.7 Å². The zero-order valence-corrected chi connectivity index (χ0v) is 14.3. The van der Waals surface area contributed by atoms with E-state index in [1.807, 2.05) is 0 Å². The Morgan fingerprint density at radius 1 is 0.818 bits per heavy atom. The van der Waals surface area contributed by atoms with Crippen LogP contribution in [0.25, 0.3) is 0 Å². The summed E-state index contributed by atoms with van der Waals surface area (Å²) in [5.41, 5.74) is 0. The highest BCUT2D eigenvalue weighted by molar-refractivity contribution is 4.87. The van der Waals surface area contributed by atoms with Crippen molar-refractivity contribution in [3.63, 3.8) is 0 Å². The Morgan fingerprint density at radius 2 is 1.36 bits per heavy atom. The number of rotatable bonds is 7. The molecule has 2 heteroatoms. The summed E-state index contributed by atoms with van der Waals surface area (Å²) in [6.07, 6.45) is 16.5. The molecule has 128 valence electrons. The van der Waals surface area contributed by atoms with E-state index in [4.69, 9.17) is 0 Å². The van der Waals surface area contributed by atoms with Crippen molar-refractivity contribution >= 4 is 0 Å². The van der Waals surface area contributed by atoms with Gasteiger partial charge in [-0.3, -0.25) is 0 Å². The first-order valence-electron chi connectivity index (χ1n) is 9.70. The van der Waals surface area contributed by atoms with Crippen LogP contribution in [0.15, 0.2) is 12.2 Å². The van der Waals surface area contributed by atoms with E-state index in [0.717, 1.165) is 23.8 Å². The van der Waals surface area contributed by atoms with Crippen molar-refractivity contribution in [2.24, 2.45) is 23.7 Å². The van der Waals surface area contributed by atoms with E-state index in [2.05, 4.69) is 6.92 Å². The second-order valence-corrected chi connectivity index (χ2v) is 7.79. The molecule has 2 aliphatic carbocycles. The minimum Gasteiger partial charge on any atom is -0.174 e. The highest BCUT2D eigenvalue weighted by Gasteiger charge is 2.30. The van der Waals surface area contributed by atoms with Gasteiger partial charge in [-0.2, -0.15) is 8.78 Å². The molecule has 0 saturated heterocycles. The molecule has 0 spiro atoms. The van der Waals surface area contributed by atoms with E-state index in [1.54, 1.807) is 0 Å². The number of unbranched alkanes of at least 4 members (excludes halogenated alkanes) is 2. The van der Waals surface area contributed by atoms with Crippen LogP contribution in [0.4, 0.5) is 8.78 Å². The quantitative estimate of drug-likeness (QED) is 0.431. The molecule has 0 radical (unpaired) electrons. The lowest BCUT2D eigenvalue weighted by molar-refractivity contribution is 0.143. The predicted octanol–water partition coefficient (Wildman–Crippen LogP) is 7.35. The number of halogens is 2. The van der Waals surface area contributed by atoms with Gasteiger partial charge in [-0.1, -0.05) is 45.4 Å². The molecule has 0 heterocycles. The van der Waals surface area contributed by atoms with Crippen LogP contribution in [0.2, 0.25) is 0 Å². The second kappa shape index (κ2) is 9.67. The Labute approximate surface area is 135 Å². The lowest BCUT2D eigenvalue weighted by Gasteiger charge is -2.37. The molecular weight excluding hydrogens is 278 g/mol. The molecule has 22 heavy (non-hydrogen) atoms. The van der Waals surface area contributed by atoms with Crippen LogP contribution in [-0.4, -0.2) is 0 Å². The first kappa shape index (κ1) is 17.9. The summed E-state index contributed by atoms with van der Waals surface area (Å²) in [5, 5.41) is 0. The van der Waals surface area contributed by atoms with Crippen LogP contribution in [0.1, 0.15) is 90.4 Å². The number of hydrogen-bond donors (Lipinski definition) is 0. The summed E-state index contributed by atoms with van der Waals surface area (Å²) >= 11 is 0. The van der Waals surface area contributed by atoms with Crippen molar-refractivity contribution in [2.45, 2.75) is 90.4 Å². The lowest BCUT2D eigenvalue weighted by atomic mass is 9.68. The molecule has 0 amide bonds. The van der Waals surface area contributed by atoms with E-state index < -0.39 is 6.08 Å². The fraction of sp³-hybridized carbons (Fsp3) is 0.900. The predicted molar refractivity (Wildman–Crippen MR) is 90.0 cm³/mol. The molecule has 0 aromatic rings. The van der Waals surface area contributed by atoms with E-state index in [0.29, 0.717) is 12.3 Å². The average molecular weight is 312 g/mol. The molecule has 0 atom stereocenters. The maximum atomic E-state index is 12.2. The molecule has 0 bridgehead atoms. The van der Waals surface area contributed by atoms with Crippen molar-refractivity contribution < 1.29 is 8.78 Å². The minimum atomic E-state index is -1.50. The van der Waals surface area contributed by atoms with Crippen molar-refractivity contribution in [2.75, 3.05) is 0 Å². The SMILES string of the molecule is CCCCC[C@H]1CC[C@H](C2CCC(CC=C(F)F)CC2)CC1. The summed E-state index contributed by atoms with van der Waals surface area (Å²) < 4.78 is 24.3. The molecule has 0 unspecified atom stereocenters. The average Bonchev–Trinajstić information content (AvgIpc) is 2.54. The van der Waals surface area contributed by atoms with Crippen molar-refractivity contribution in [1.29, 1.82) is 0 Å². The molecule has 0 aromatic heterocycles. The molecule has 0 N–H and O–H groups in total. The highest BCUT2D eigenvalue weighted by Crippen LogP contribution is 2.42. The van der Waals surface area contributed by atoms with Crippen molar-refractivity contribution in [3.05, 3.63) is 12.2 Å².